The molecule has 0 aromatic heterocycles. The van der Waals surface area contributed by atoms with Crippen molar-refractivity contribution in [2.75, 3.05) is 13.1 Å². The van der Waals surface area contributed by atoms with Crippen LogP contribution in [0.5, 0.6) is 0 Å². The minimum absolute atomic E-state index is 0.519. The van der Waals surface area contributed by atoms with Gasteiger partial charge in [0.1, 0.15) is 0 Å². The molecule has 140 valence electrons. The molecule has 3 aliphatic rings. The Balaban J connectivity index is 1.47. The molecule has 2 aromatic carbocycles. The van der Waals surface area contributed by atoms with Crippen LogP contribution in [0.1, 0.15) is 66.7 Å². The van der Waals surface area contributed by atoms with E-state index in [0.29, 0.717) is 5.92 Å². The highest BCUT2D eigenvalue weighted by Crippen LogP contribution is 2.44. The zero-order chi connectivity index (χ0) is 18.2. The van der Waals surface area contributed by atoms with E-state index in [-0.39, 0.29) is 0 Å². The largest absolute Gasteiger partial charge is 0.300 e. The normalized spacial score (nSPS) is 23.8. The van der Waals surface area contributed by atoms with E-state index in [4.69, 9.17) is 0 Å². The number of nitrogens with zero attached hydrogens (tertiary/aromatic N) is 1. The SMILES string of the molecule is Brc1ccc2c(c1)C=Cc1ccccc1C2C1CCN(C2CCCC2)CC1. The third-order valence-corrected chi connectivity index (χ3v) is 7.54. The van der Waals surface area contributed by atoms with Crippen molar-refractivity contribution in [1.82, 2.24) is 4.90 Å². The minimum Gasteiger partial charge on any atom is -0.300 e. The van der Waals surface area contributed by atoms with E-state index in [1.54, 1.807) is 0 Å². The molecule has 1 heterocycles. The molecular weight excluding hydrogens is 394 g/mol. The average Bonchev–Trinajstić information content (AvgIpc) is 3.19. The highest BCUT2D eigenvalue weighted by molar-refractivity contribution is 9.10. The first-order valence-electron chi connectivity index (χ1n) is 10.6. The maximum Gasteiger partial charge on any atom is 0.0181 e. The number of benzene rings is 2. The highest BCUT2D eigenvalue weighted by atomic mass is 79.9. The Bertz CT molecular complexity index is 841. The fourth-order valence-corrected chi connectivity index (χ4v) is 6.04. The summed E-state index contributed by atoms with van der Waals surface area (Å²) in [6, 6.07) is 16.8. The third-order valence-electron chi connectivity index (χ3n) is 7.04. The van der Waals surface area contributed by atoms with Crippen LogP contribution >= 0.6 is 15.9 Å². The van der Waals surface area contributed by atoms with Crippen LogP contribution in [0.3, 0.4) is 0 Å². The molecule has 0 N–H and O–H groups in total. The molecule has 5 rings (SSSR count). The molecule has 0 amide bonds. The molecule has 27 heavy (non-hydrogen) atoms. The molecule has 0 radical (unpaired) electrons. The van der Waals surface area contributed by atoms with Crippen molar-refractivity contribution >= 4 is 28.1 Å². The average molecular weight is 422 g/mol. The van der Waals surface area contributed by atoms with E-state index in [9.17, 15) is 0 Å². The molecule has 2 aromatic rings. The lowest BCUT2D eigenvalue weighted by atomic mass is 9.74. The van der Waals surface area contributed by atoms with E-state index in [2.05, 4.69) is 75.4 Å². The van der Waals surface area contributed by atoms with Gasteiger partial charge in [0.25, 0.3) is 0 Å². The van der Waals surface area contributed by atoms with Crippen molar-refractivity contribution in [3.63, 3.8) is 0 Å². The van der Waals surface area contributed by atoms with Gasteiger partial charge in [-0.05, 0) is 79.1 Å². The monoisotopic (exact) mass is 421 g/mol. The van der Waals surface area contributed by atoms with Crippen LogP contribution in [0.4, 0.5) is 0 Å². The van der Waals surface area contributed by atoms with Crippen LogP contribution in [-0.4, -0.2) is 24.0 Å². The molecule has 0 spiro atoms. The van der Waals surface area contributed by atoms with Crippen LogP contribution in [0.25, 0.3) is 12.2 Å². The summed E-state index contributed by atoms with van der Waals surface area (Å²) in [5, 5.41) is 0. The molecule has 2 fully saturated rings. The van der Waals surface area contributed by atoms with Crippen LogP contribution in [0.15, 0.2) is 46.9 Å². The van der Waals surface area contributed by atoms with Crippen LogP contribution < -0.4 is 0 Å². The third kappa shape index (κ3) is 3.43. The van der Waals surface area contributed by atoms with Gasteiger partial charge in [0.15, 0.2) is 0 Å². The maximum absolute atomic E-state index is 3.67. The molecular formula is C25H28BrN. The van der Waals surface area contributed by atoms with Crippen molar-refractivity contribution in [2.45, 2.75) is 50.5 Å². The van der Waals surface area contributed by atoms with Crippen molar-refractivity contribution in [2.24, 2.45) is 5.92 Å². The second kappa shape index (κ2) is 7.56. The highest BCUT2D eigenvalue weighted by Gasteiger charge is 2.34. The fourth-order valence-electron chi connectivity index (χ4n) is 5.66. The van der Waals surface area contributed by atoms with Crippen LogP contribution in [0, 0.1) is 5.92 Å². The summed E-state index contributed by atoms with van der Waals surface area (Å²) in [6.45, 7) is 2.57. The Morgan fingerprint density at radius 3 is 2.30 bits per heavy atom. The zero-order valence-corrected chi connectivity index (χ0v) is 17.5. The number of hydrogen-bond acceptors (Lipinski definition) is 1. The summed E-state index contributed by atoms with van der Waals surface area (Å²) in [6.07, 6.45) is 13.0. The van der Waals surface area contributed by atoms with Gasteiger partial charge in [0.05, 0.1) is 0 Å². The minimum atomic E-state index is 0.519. The van der Waals surface area contributed by atoms with Crippen molar-refractivity contribution in [1.29, 1.82) is 0 Å². The lowest BCUT2D eigenvalue weighted by Crippen LogP contribution is -2.41. The van der Waals surface area contributed by atoms with Crippen LogP contribution in [0.2, 0.25) is 0 Å². The van der Waals surface area contributed by atoms with Crippen molar-refractivity contribution in [3.05, 3.63) is 69.2 Å². The predicted octanol–water partition coefficient (Wildman–Crippen LogP) is 6.72. The van der Waals surface area contributed by atoms with Gasteiger partial charge >= 0.3 is 0 Å². The van der Waals surface area contributed by atoms with E-state index in [1.807, 2.05) is 0 Å². The van der Waals surface area contributed by atoms with Gasteiger partial charge in [-0.3, -0.25) is 0 Å². The lowest BCUT2D eigenvalue weighted by Gasteiger charge is -2.39. The lowest BCUT2D eigenvalue weighted by molar-refractivity contribution is 0.128. The van der Waals surface area contributed by atoms with Gasteiger partial charge in [-0.1, -0.05) is 71.3 Å². The second-order valence-electron chi connectivity index (χ2n) is 8.52. The molecule has 1 saturated heterocycles. The van der Waals surface area contributed by atoms with Gasteiger partial charge < -0.3 is 4.90 Å². The van der Waals surface area contributed by atoms with Gasteiger partial charge in [-0.15, -0.1) is 0 Å². The molecule has 0 bridgehead atoms. The maximum atomic E-state index is 3.67. The summed E-state index contributed by atoms with van der Waals surface area (Å²) in [5.41, 5.74) is 5.81. The number of halogens is 1. The van der Waals surface area contributed by atoms with E-state index >= 15 is 0 Å². The summed E-state index contributed by atoms with van der Waals surface area (Å²) >= 11 is 3.67. The Hall–Kier alpha value is -1.38. The quantitative estimate of drug-likeness (QED) is 0.519. The van der Waals surface area contributed by atoms with Crippen molar-refractivity contribution < 1.29 is 0 Å². The first-order chi connectivity index (χ1) is 13.3. The molecule has 1 atom stereocenters. The zero-order valence-electron chi connectivity index (χ0n) is 15.9. The standard InChI is InChI=1S/C25H28BrN/c26-21-11-12-24-20(17-21)10-9-18-5-1-4-8-23(18)25(24)19-13-15-27(16-14-19)22-6-2-3-7-22/h1,4-5,8-12,17,19,22,25H,2-3,6-7,13-16H2. The molecule has 1 saturated carbocycles. The van der Waals surface area contributed by atoms with Crippen molar-refractivity contribution in [3.8, 4) is 0 Å². The molecule has 1 unspecified atom stereocenters. The Morgan fingerprint density at radius 2 is 1.48 bits per heavy atom. The van der Waals surface area contributed by atoms with Gasteiger partial charge in [-0.2, -0.15) is 0 Å². The second-order valence-corrected chi connectivity index (χ2v) is 9.44. The Labute approximate surface area is 171 Å². The fraction of sp³-hybridized carbons (Fsp3) is 0.440. The topological polar surface area (TPSA) is 3.24 Å². The first-order valence-corrected chi connectivity index (χ1v) is 11.4. The summed E-state index contributed by atoms with van der Waals surface area (Å²) in [5.74, 6) is 1.26. The molecule has 1 aliphatic heterocycles. The summed E-state index contributed by atoms with van der Waals surface area (Å²) in [7, 11) is 0. The first kappa shape index (κ1) is 17.7. The van der Waals surface area contributed by atoms with E-state index in [0.717, 1.165) is 12.0 Å². The number of rotatable bonds is 2. The number of hydrogen-bond donors (Lipinski definition) is 0. The van der Waals surface area contributed by atoms with Crippen LogP contribution in [-0.2, 0) is 0 Å². The molecule has 2 heteroatoms. The van der Waals surface area contributed by atoms with E-state index < -0.39 is 0 Å². The summed E-state index contributed by atoms with van der Waals surface area (Å²) < 4.78 is 1.17. The number of piperidine rings is 1. The predicted molar refractivity (Wildman–Crippen MR) is 118 cm³/mol. The van der Waals surface area contributed by atoms with Gasteiger partial charge in [0.2, 0.25) is 0 Å². The van der Waals surface area contributed by atoms with Gasteiger partial charge in [0, 0.05) is 16.4 Å². The Kier molecular flexibility index (Phi) is 4.96. The van der Waals surface area contributed by atoms with E-state index in [1.165, 1.54) is 78.3 Å². The van der Waals surface area contributed by atoms with Gasteiger partial charge in [-0.25, -0.2) is 0 Å². The molecule has 1 nitrogen and oxygen atoms in total. The number of fused-ring (bicyclic) bond motifs is 2. The Morgan fingerprint density at radius 1 is 0.778 bits per heavy atom. The summed E-state index contributed by atoms with van der Waals surface area (Å²) in [4.78, 5) is 2.80. The number of likely N-dealkylation sites (tertiary alicyclic amines) is 1. The smallest absolute Gasteiger partial charge is 0.0181 e. The molecule has 2 aliphatic carbocycles.